The summed E-state index contributed by atoms with van der Waals surface area (Å²) in [5, 5.41) is 0. The monoisotopic (exact) mass is 503 g/mol. The van der Waals surface area contributed by atoms with Crippen molar-refractivity contribution in [3.05, 3.63) is 89.1 Å². The van der Waals surface area contributed by atoms with Crippen LogP contribution in [0.5, 0.6) is 0 Å². The van der Waals surface area contributed by atoms with Crippen LogP contribution in [0, 0.1) is 13.8 Å². The minimum atomic E-state index is -0.133. The summed E-state index contributed by atoms with van der Waals surface area (Å²) in [4.78, 5) is 26.6. The van der Waals surface area contributed by atoms with Crippen molar-refractivity contribution in [3.63, 3.8) is 0 Å². The Morgan fingerprint density at radius 3 is 2.47 bits per heavy atom. The average molecular weight is 504 g/mol. The predicted octanol–water partition coefficient (Wildman–Crippen LogP) is 3.33. The predicted molar refractivity (Wildman–Crippen MR) is 148 cm³/mol. The Balaban J connectivity index is 1.49. The van der Waals surface area contributed by atoms with E-state index in [1.54, 1.807) is 36.5 Å². The Bertz CT molecular complexity index is 1210. The number of aromatic nitrogens is 2. The van der Waals surface area contributed by atoms with Gasteiger partial charge in [-0.15, -0.1) is 11.8 Å². The van der Waals surface area contributed by atoms with Crippen LogP contribution < -0.4 is 21.9 Å². The van der Waals surface area contributed by atoms with Gasteiger partial charge in [-0.05, 0) is 49.6 Å². The second-order valence-electron chi connectivity index (χ2n) is 8.83. The molecule has 1 saturated heterocycles. The quantitative estimate of drug-likeness (QED) is 0.244. The molecule has 1 aliphatic heterocycles. The zero-order valence-corrected chi connectivity index (χ0v) is 21.6. The molecular weight excluding hydrogens is 470 g/mol. The van der Waals surface area contributed by atoms with E-state index in [2.05, 4.69) is 39.4 Å². The first kappa shape index (κ1) is 25.5. The van der Waals surface area contributed by atoms with Gasteiger partial charge in [-0.3, -0.25) is 20.6 Å². The molecule has 0 bridgehead atoms. The molecule has 1 aliphatic rings. The number of pyridine rings is 2. The smallest absolute Gasteiger partial charge is 0.271 e. The second kappa shape index (κ2) is 11.9. The number of carbonyl (C=O) groups is 1. The van der Waals surface area contributed by atoms with Crippen molar-refractivity contribution in [2.24, 2.45) is 11.6 Å². The molecule has 1 aromatic carbocycles. The number of carbonyl (C=O) groups excluding carboxylic acids is 1. The van der Waals surface area contributed by atoms with E-state index >= 15 is 0 Å². The topological polar surface area (TPSA) is 113 Å². The van der Waals surface area contributed by atoms with Gasteiger partial charge in [0.15, 0.2) is 0 Å². The molecule has 0 radical (unpaired) electrons. The molecule has 1 amide bonds. The van der Waals surface area contributed by atoms with Gasteiger partial charge in [-0.2, -0.15) is 0 Å². The first-order valence-corrected chi connectivity index (χ1v) is 13.0. The van der Waals surface area contributed by atoms with Crippen LogP contribution >= 0.6 is 11.8 Å². The highest BCUT2D eigenvalue weighted by molar-refractivity contribution is 8.08. The third-order valence-corrected chi connectivity index (χ3v) is 7.47. The lowest BCUT2D eigenvalue weighted by molar-refractivity contribution is -0.127. The molecule has 5 N–H and O–H groups in total. The first-order valence-electron chi connectivity index (χ1n) is 12.0. The fourth-order valence-electron chi connectivity index (χ4n) is 4.53. The summed E-state index contributed by atoms with van der Waals surface area (Å²) < 4.78 is 0. The molecule has 36 heavy (non-hydrogen) atoms. The van der Waals surface area contributed by atoms with E-state index in [1.807, 2.05) is 36.1 Å². The summed E-state index contributed by atoms with van der Waals surface area (Å²) in [6.45, 7) is 6.85. The molecule has 0 saturated carbocycles. The van der Waals surface area contributed by atoms with Crippen LogP contribution in [-0.2, 0) is 11.2 Å². The Morgan fingerprint density at radius 2 is 1.81 bits per heavy atom. The fourth-order valence-corrected chi connectivity index (χ4v) is 5.58. The van der Waals surface area contributed by atoms with Crippen LogP contribution in [-0.4, -0.2) is 52.7 Å². The van der Waals surface area contributed by atoms with Gasteiger partial charge in [0.25, 0.3) is 5.91 Å². The number of hydrogen-bond acceptors (Lipinski definition) is 8. The van der Waals surface area contributed by atoms with Gasteiger partial charge in [0.2, 0.25) is 0 Å². The zero-order chi connectivity index (χ0) is 25.5. The third kappa shape index (κ3) is 5.98. The van der Waals surface area contributed by atoms with E-state index in [1.165, 1.54) is 5.56 Å². The molecule has 0 unspecified atom stereocenters. The van der Waals surface area contributed by atoms with Gasteiger partial charge < -0.3 is 21.0 Å². The second-order valence-corrected chi connectivity index (χ2v) is 9.93. The Labute approximate surface area is 216 Å². The number of nitrogens with one attached hydrogen (secondary N) is 1. The van der Waals surface area contributed by atoms with E-state index in [-0.39, 0.29) is 11.6 Å². The van der Waals surface area contributed by atoms with Crippen molar-refractivity contribution in [1.29, 1.82) is 0 Å². The van der Waals surface area contributed by atoms with Gasteiger partial charge in [0, 0.05) is 72.9 Å². The number of piperazine rings is 1. The highest BCUT2D eigenvalue weighted by atomic mass is 32.2. The van der Waals surface area contributed by atoms with Crippen LogP contribution in [0.25, 0.3) is 4.91 Å². The van der Waals surface area contributed by atoms with Crippen molar-refractivity contribution < 1.29 is 4.79 Å². The summed E-state index contributed by atoms with van der Waals surface area (Å²) in [6.07, 6.45) is 7.83. The number of nitrogens with two attached hydrogens (primary N) is 2. The number of benzene rings is 1. The third-order valence-electron chi connectivity index (χ3n) is 6.32. The molecule has 188 valence electrons. The standard InChI is InChI=1S/C27H33N7OS/c1-19-16-20(2)25(32-29)21(17-19)7-15-36-26(22-4-3-8-31-18-22)24(28)27(35)34-13-11-33(12-14-34)23-5-9-30-10-6-23/h3-6,8-10,16-18,32H,7,11-15,28-29H2,1-2H3/b26-24-. The van der Waals surface area contributed by atoms with Crippen LogP contribution in [0.2, 0.25) is 0 Å². The summed E-state index contributed by atoms with van der Waals surface area (Å²) in [6, 6.07) is 12.0. The van der Waals surface area contributed by atoms with Crippen LogP contribution in [0.15, 0.2) is 66.9 Å². The molecule has 8 nitrogen and oxygen atoms in total. The molecule has 2 aromatic heterocycles. The number of nitrogens with zero attached hydrogens (tertiary/aromatic N) is 4. The van der Waals surface area contributed by atoms with Gasteiger partial charge in [0.1, 0.15) is 5.70 Å². The summed E-state index contributed by atoms with van der Waals surface area (Å²) in [7, 11) is 0. The van der Waals surface area contributed by atoms with Crippen LogP contribution in [0.3, 0.4) is 0 Å². The molecule has 1 fully saturated rings. The molecule has 4 rings (SSSR count). The number of rotatable bonds is 8. The van der Waals surface area contributed by atoms with Gasteiger partial charge in [-0.25, -0.2) is 0 Å². The van der Waals surface area contributed by atoms with E-state index in [4.69, 9.17) is 11.6 Å². The molecule has 0 atom stereocenters. The van der Waals surface area contributed by atoms with Gasteiger partial charge >= 0.3 is 0 Å². The molecular formula is C27H33N7OS. The lowest BCUT2D eigenvalue weighted by Crippen LogP contribution is -2.50. The number of nitrogen functional groups attached to an aromatic ring is 1. The zero-order valence-electron chi connectivity index (χ0n) is 20.8. The van der Waals surface area contributed by atoms with Crippen molar-refractivity contribution in [1.82, 2.24) is 14.9 Å². The molecule has 0 spiro atoms. The van der Waals surface area contributed by atoms with Crippen LogP contribution in [0.1, 0.15) is 22.3 Å². The lowest BCUT2D eigenvalue weighted by atomic mass is 10.0. The van der Waals surface area contributed by atoms with Crippen LogP contribution in [0.4, 0.5) is 11.4 Å². The largest absolute Gasteiger partial charge is 0.393 e. The van der Waals surface area contributed by atoms with E-state index in [9.17, 15) is 4.79 Å². The maximum atomic E-state index is 13.4. The molecule has 3 heterocycles. The number of amides is 1. The molecule has 0 aliphatic carbocycles. The Hall–Kier alpha value is -3.56. The minimum absolute atomic E-state index is 0.133. The fraction of sp³-hybridized carbons (Fsp3) is 0.296. The average Bonchev–Trinajstić information content (AvgIpc) is 2.91. The van der Waals surface area contributed by atoms with Gasteiger partial charge in [-0.1, -0.05) is 23.8 Å². The lowest BCUT2D eigenvalue weighted by Gasteiger charge is -2.36. The number of anilines is 2. The number of hydrogen-bond donors (Lipinski definition) is 3. The first-order chi connectivity index (χ1) is 17.5. The highest BCUT2D eigenvalue weighted by Crippen LogP contribution is 2.32. The summed E-state index contributed by atoms with van der Waals surface area (Å²) >= 11 is 1.58. The molecule has 3 aromatic rings. The van der Waals surface area contributed by atoms with E-state index in [0.29, 0.717) is 13.1 Å². The number of thioether (sulfide) groups is 1. The van der Waals surface area contributed by atoms with Crippen molar-refractivity contribution in [3.8, 4) is 0 Å². The van der Waals surface area contributed by atoms with E-state index in [0.717, 1.165) is 58.2 Å². The SMILES string of the molecule is Cc1cc(C)c(NN)c(CCS/C(=C(\N)C(=O)N2CCN(c3ccncc3)CC2)c2cccnc2)c1. The number of aryl methyl sites for hydroxylation is 3. The van der Waals surface area contributed by atoms with E-state index < -0.39 is 0 Å². The maximum Gasteiger partial charge on any atom is 0.271 e. The maximum absolute atomic E-state index is 13.4. The van der Waals surface area contributed by atoms with Gasteiger partial charge in [0.05, 0.1) is 5.69 Å². The molecule has 9 heteroatoms. The minimum Gasteiger partial charge on any atom is -0.393 e. The van der Waals surface area contributed by atoms with Crippen molar-refractivity contribution >= 4 is 33.9 Å². The van der Waals surface area contributed by atoms with Crippen molar-refractivity contribution in [2.45, 2.75) is 20.3 Å². The normalized spacial score (nSPS) is 14.4. The highest BCUT2D eigenvalue weighted by Gasteiger charge is 2.25. The number of hydrazine groups is 1. The summed E-state index contributed by atoms with van der Waals surface area (Å²) in [5.41, 5.74) is 16.0. The Morgan fingerprint density at radius 1 is 1.06 bits per heavy atom. The Kier molecular flexibility index (Phi) is 8.45. The summed E-state index contributed by atoms with van der Waals surface area (Å²) in [5.74, 6) is 6.40. The van der Waals surface area contributed by atoms with Crippen molar-refractivity contribution in [2.75, 3.05) is 42.3 Å².